The van der Waals surface area contributed by atoms with E-state index in [-0.39, 0.29) is 29.0 Å². The van der Waals surface area contributed by atoms with Crippen molar-refractivity contribution in [1.82, 2.24) is 14.4 Å². The van der Waals surface area contributed by atoms with Crippen LogP contribution in [0, 0.1) is 11.8 Å². The number of rotatable bonds is 2. The van der Waals surface area contributed by atoms with Crippen LogP contribution in [-0.4, -0.2) is 52.9 Å². The summed E-state index contributed by atoms with van der Waals surface area (Å²) in [6, 6.07) is 9.35. The second kappa shape index (κ2) is 6.51. The van der Waals surface area contributed by atoms with E-state index in [9.17, 15) is 14.4 Å². The first-order chi connectivity index (χ1) is 12.9. The molecule has 142 valence electrons. The van der Waals surface area contributed by atoms with E-state index in [0.29, 0.717) is 18.3 Å². The van der Waals surface area contributed by atoms with E-state index in [1.807, 2.05) is 31.3 Å². The number of amides is 2. The number of aryl methyl sites for hydroxylation is 1. The molecule has 1 aliphatic carbocycles. The predicted molar refractivity (Wildman–Crippen MR) is 104 cm³/mol. The Labute approximate surface area is 158 Å². The van der Waals surface area contributed by atoms with Crippen LogP contribution in [0.4, 0.5) is 0 Å². The van der Waals surface area contributed by atoms with Crippen molar-refractivity contribution in [3.8, 4) is 0 Å². The molecule has 0 radical (unpaired) electrons. The summed E-state index contributed by atoms with van der Waals surface area (Å²) in [6.07, 6.45) is 2.29. The Kier molecular flexibility index (Phi) is 4.29. The zero-order valence-corrected chi connectivity index (χ0v) is 16.0. The van der Waals surface area contributed by atoms with Crippen molar-refractivity contribution in [2.24, 2.45) is 18.9 Å². The number of piperidine rings is 1. The summed E-state index contributed by atoms with van der Waals surface area (Å²) in [6.45, 7) is 0.764. The molecule has 0 unspecified atom stereocenters. The number of carbonyl (C=O) groups is 2. The van der Waals surface area contributed by atoms with Gasteiger partial charge in [-0.2, -0.15) is 0 Å². The summed E-state index contributed by atoms with van der Waals surface area (Å²) < 4.78 is 1.54. The molecule has 1 saturated heterocycles. The number of nitrogens with zero attached hydrogens (tertiary/aromatic N) is 3. The third-order valence-corrected chi connectivity index (χ3v) is 6.42. The molecule has 3 atom stereocenters. The van der Waals surface area contributed by atoms with Crippen molar-refractivity contribution in [2.45, 2.75) is 25.3 Å². The van der Waals surface area contributed by atoms with Gasteiger partial charge in [0, 0.05) is 40.2 Å². The highest BCUT2D eigenvalue weighted by Crippen LogP contribution is 2.40. The third kappa shape index (κ3) is 2.93. The highest BCUT2D eigenvalue weighted by Gasteiger charge is 2.42. The molecule has 27 heavy (non-hydrogen) atoms. The molecule has 6 nitrogen and oxygen atoms in total. The molecule has 2 aromatic rings. The van der Waals surface area contributed by atoms with Gasteiger partial charge < -0.3 is 14.4 Å². The van der Waals surface area contributed by atoms with Crippen LogP contribution in [0.5, 0.6) is 0 Å². The fourth-order valence-electron chi connectivity index (χ4n) is 4.73. The van der Waals surface area contributed by atoms with Gasteiger partial charge in [0.25, 0.3) is 11.5 Å². The van der Waals surface area contributed by atoms with Crippen molar-refractivity contribution in [3.05, 3.63) is 46.2 Å². The van der Waals surface area contributed by atoms with E-state index >= 15 is 0 Å². The number of likely N-dealkylation sites (tertiary alicyclic amines) is 1. The Morgan fingerprint density at radius 2 is 1.81 bits per heavy atom. The maximum atomic E-state index is 13.1. The lowest BCUT2D eigenvalue weighted by Crippen LogP contribution is -2.40. The lowest BCUT2D eigenvalue weighted by molar-refractivity contribution is -0.134. The zero-order chi connectivity index (χ0) is 19.3. The maximum absolute atomic E-state index is 13.1. The van der Waals surface area contributed by atoms with Gasteiger partial charge in [-0.25, -0.2) is 0 Å². The molecule has 4 rings (SSSR count). The van der Waals surface area contributed by atoms with E-state index in [0.717, 1.165) is 30.3 Å². The molecule has 1 aliphatic heterocycles. The van der Waals surface area contributed by atoms with Crippen LogP contribution >= 0.6 is 0 Å². The normalized spacial score (nSPS) is 24.9. The second-order valence-corrected chi connectivity index (χ2v) is 8.02. The van der Waals surface area contributed by atoms with Gasteiger partial charge in [-0.1, -0.05) is 18.2 Å². The highest BCUT2D eigenvalue weighted by molar-refractivity contribution is 5.97. The Bertz CT molecular complexity index is 980. The largest absolute Gasteiger partial charge is 0.345 e. The first kappa shape index (κ1) is 17.8. The van der Waals surface area contributed by atoms with Gasteiger partial charge in [0.2, 0.25) is 5.91 Å². The van der Waals surface area contributed by atoms with Crippen molar-refractivity contribution in [2.75, 3.05) is 20.6 Å². The molecule has 2 aliphatic rings. The fourth-order valence-corrected chi connectivity index (χ4v) is 4.73. The van der Waals surface area contributed by atoms with Crippen LogP contribution in [0.15, 0.2) is 35.1 Å². The Hall–Kier alpha value is -2.63. The molecular weight excluding hydrogens is 342 g/mol. The maximum Gasteiger partial charge on any atom is 0.263 e. The van der Waals surface area contributed by atoms with Crippen molar-refractivity contribution >= 4 is 22.7 Å². The molecule has 6 heteroatoms. The predicted octanol–water partition coefficient (Wildman–Crippen LogP) is 1.87. The summed E-state index contributed by atoms with van der Waals surface area (Å²) in [7, 11) is 5.33. The monoisotopic (exact) mass is 367 g/mol. The molecular formula is C21H25N3O3. The van der Waals surface area contributed by atoms with Gasteiger partial charge >= 0.3 is 0 Å². The number of para-hydroxylation sites is 1. The van der Waals surface area contributed by atoms with E-state index in [1.165, 1.54) is 0 Å². The van der Waals surface area contributed by atoms with Crippen LogP contribution < -0.4 is 5.56 Å². The Morgan fingerprint density at radius 1 is 1.11 bits per heavy atom. The van der Waals surface area contributed by atoms with Crippen LogP contribution in [0.1, 0.15) is 29.6 Å². The van der Waals surface area contributed by atoms with Gasteiger partial charge in [0.1, 0.15) is 5.56 Å². The summed E-state index contributed by atoms with van der Waals surface area (Å²) in [5.41, 5.74) is 0.757. The summed E-state index contributed by atoms with van der Waals surface area (Å²) >= 11 is 0. The quantitative estimate of drug-likeness (QED) is 0.814. The molecule has 0 N–H and O–H groups in total. The number of pyridine rings is 1. The standard InChI is InChI=1S/C21H25N3O3/c1-22-12-15-9-16(8-14(15)11-19(22)25)23(2)20(26)17-10-13-6-4-5-7-18(13)24(3)21(17)27/h4-7,10,14-16H,8-9,11-12H2,1-3H3/t14-,15+,16-/m0/s1. The van der Waals surface area contributed by atoms with Crippen LogP contribution in [-0.2, 0) is 11.8 Å². The molecule has 2 fully saturated rings. The highest BCUT2D eigenvalue weighted by atomic mass is 16.2. The second-order valence-electron chi connectivity index (χ2n) is 8.02. The van der Waals surface area contributed by atoms with Gasteiger partial charge in [0.15, 0.2) is 0 Å². The van der Waals surface area contributed by atoms with Crippen LogP contribution in [0.3, 0.4) is 0 Å². The van der Waals surface area contributed by atoms with E-state index in [4.69, 9.17) is 0 Å². The molecule has 1 aromatic heterocycles. The van der Waals surface area contributed by atoms with E-state index in [2.05, 4.69) is 0 Å². The van der Waals surface area contributed by atoms with Crippen LogP contribution in [0.2, 0.25) is 0 Å². The average molecular weight is 367 g/mol. The minimum Gasteiger partial charge on any atom is -0.345 e. The van der Waals surface area contributed by atoms with Gasteiger partial charge in [-0.3, -0.25) is 14.4 Å². The number of hydrogen-bond donors (Lipinski definition) is 0. The topological polar surface area (TPSA) is 62.6 Å². The van der Waals surface area contributed by atoms with Gasteiger partial charge in [-0.05, 0) is 42.2 Å². The molecule has 0 spiro atoms. The lowest BCUT2D eigenvalue weighted by Gasteiger charge is -2.31. The number of benzene rings is 1. The summed E-state index contributed by atoms with van der Waals surface area (Å²) in [5.74, 6) is 0.736. The number of fused-ring (bicyclic) bond motifs is 2. The zero-order valence-electron chi connectivity index (χ0n) is 16.0. The molecule has 2 heterocycles. The fraction of sp³-hybridized carbons (Fsp3) is 0.476. The SMILES string of the molecule is CN1C[C@H]2C[C@@H](N(C)C(=O)c3cc4ccccc4n(C)c3=O)C[C@H]2CC1=O. The minimum atomic E-state index is -0.268. The number of hydrogen-bond acceptors (Lipinski definition) is 3. The van der Waals surface area contributed by atoms with Crippen molar-refractivity contribution in [3.63, 3.8) is 0 Å². The van der Waals surface area contributed by atoms with Crippen molar-refractivity contribution in [1.29, 1.82) is 0 Å². The Morgan fingerprint density at radius 3 is 2.59 bits per heavy atom. The first-order valence-corrected chi connectivity index (χ1v) is 9.46. The van der Waals surface area contributed by atoms with E-state index < -0.39 is 0 Å². The molecule has 2 amide bonds. The lowest BCUT2D eigenvalue weighted by atomic mass is 9.88. The number of carbonyl (C=O) groups excluding carboxylic acids is 2. The number of aromatic nitrogens is 1. The summed E-state index contributed by atoms with van der Waals surface area (Å²) in [4.78, 5) is 41.4. The summed E-state index contributed by atoms with van der Waals surface area (Å²) in [5, 5.41) is 0.878. The van der Waals surface area contributed by atoms with Gasteiger partial charge in [-0.15, -0.1) is 0 Å². The minimum absolute atomic E-state index is 0.0722. The average Bonchev–Trinajstić information content (AvgIpc) is 3.06. The molecule has 0 bridgehead atoms. The van der Waals surface area contributed by atoms with Crippen LogP contribution in [0.25, 0.3) is 10.9 Å². The first-order valence-electron chi connectivity index (χ1n) is 9.46. The van der Waals surface area contributed by atoms with Gasteiger partial charge in [0.05, 0.1) is 5.52 Å². The van der Waals surface area contributed by atoms with Crippen molar-refractivity contribution < 1.29 is 9.59 Å². The molecule has 1 saturated carbocycles. The van der Waals surface area contributed by atoms with E-state index in [1.54, 1.807) is 34.5 Å². The Balaban J connectivity index is 1.60. The third-order valence-electron chi connectivity index (χ3n) is 6.42. The smallest absolute Gasteiger partial charge is 0.263 e. The molecule has 1 aromatic carbocycles.